The molecule has 4 unspecified atom stereocenters. The fourth-order valence-corrected chi connectivity index (χ4v) is 8.07. The van der Waals surface area contributed by atoms with E-state index in [1.165, 1.54) is 31.8 Å². The number of nitrogens with one attached hydrogen (secondary N) is 4. The third-order valence-electron chi connectivity index (χ3n) is 10.5. The van der Waals surface area contributed by atoms with Crippen LogP contribution in [0.1, 0.15) is 44.6 Å². The number of ether oxygens (including phenoxy) is 1. The van der Waals surface area contributed by atoms with E-state index in [-0.39, 0.29) is 11.8 Å². The van der Waals surface area contributed by atoms with Crippen molar-refractivity contribution in [3.05, 3.63) is 71.9 Å². The van der Waals surface area contributed by atoms with Gasteiger partial charge in [0.25, 0.3) is 0 Å². The summed E-state index contributed by atoms with van der Waals surface area (Å²) in [4.78, 5) is 38.2. The van der Waals surface area contributed by atoms with Gasteiger partial charge in [0.1, 0.15) is 10.8 Å². The summed E-state index contributed by atoms with van der Waals surface area (Å²) in [6.07, 6.45) is 8.79. The Morgan fingerprint density at radius 2 is 1.94 bits per heavy atom. The highest BCUT2D eigenvalue weighted by Gasteiger charge is 2.40. The number of benzene rings is 2. The monoisotopic (exact) mass is 700 g/mol. The first-order valence-corrected chi connectivity index (χ1v) is 18.1. The molecular formula is C38H49ClN8O3. The molecule has 2 heterocycles. The number of hydrogen-bond acceptors (Lipinski definition) is 9. The number of halogens is 1. The quantitative estimate of drug-likeness (QED) is 0.143. The second kappa shape index (κ2) is 16.6. The van der Waals surface area contributed by atoms with E-state index >= 15 is 0 Å². The van der Waals surface area contributed by atoms with E-state index in [0.29, 0.717) is 59.6 Å². The Bertz CT molecular complexity index is 1660. The van der Waals surface area contributed by atoms with Crippen molar-refractivity contribution in [1.82, 2.24) is 20.2 Å². The molecule has 3 fully saturated rings. The third kappa shape index (κ3) is 9.05. The summed E-state index contributed by atoms with van der Waals surface area (Å²) in [5, 5.41) is 12.9. The van der Waals surface area contributed by atoms with Gasteiger partial charge in [-0.05, 0) is 78.8 Å². The fourth-order valence-electron chi connectivity index (χ4n) is 7.91. The molecule has 50 heavy (non-hydrogen) atoms. The summed E-state index contributed by atoms with van der Waals surface area (Å²) >= 11 is 6.42. The zero-order valence-electron chi connectivity index (χ0n) is 29.1. The average Bonchev–Trinajstić information content (AvgIpc) is 3.53. The highest BCUT2D eigenvalue weighted by molar-refractivity contribution is 6.32. The van der Waals surface area contributed by atoms with Crippen LogP contribution < -0.4 is 30.9 Å². The summed E-state index contributed by atoms with van der Waals surface area (Å²) in [5.74, 6) is 4.38. The average molecular weight is 701 g/mol. The molecule has 12 heteroatoms. The minimum absolute atomic E-state index is 0.223. The molecule has 3 aliphatic rings. The zero-order chi connectivity index (χ0) is 35.0. The molecule has 1 aromatic heterocycles. The topological polar surface area (TPSA) is 124 Å². The van der Waals surface area contributed by atoms with Crippen LogP contribution in [0, 0.1) is 23.7 Å². The first kappa shape index (κ1) is 35.5. The van der Waals surface area contributed by atoms with Crippen LogP contribution in [0.25, 0.3) is 0 Å². The van der Waals surface area contributed by atoms with Crippen molar-refractivity contribution in [2.45, 2.75) is 45.6 Å². The number of fused-ring (bicyclic) bond motifs is 2. The molecule has 11 nitrogen and oxygen atoms in total. The van der Waals surface area contributed by atoms with Crippen LogP contribution in [0.2, 0.25) is 5.02 Å². The minimum Gasteiger partial charge on any atom is -0.494 e. The number of methoxy groups -OCH3 is 1. The first-order chi connectivity index (χ1) is 24.3. The molecule has 2 bridgehead atoms. The summed E-state index contributed by atoms with van der Waals surface area (Å²) in [6, 6.07) is 13.6. The van der Waals surface area contributed by atoms with Gasteiger partial charge in [0, 0.05) is 69.7 Å². The summed E-state index contributed by atoms with van der Waals surface area (Å²) in [6.45, 7) is 11.5. The lowest BCUT2D eigenvalue weighted by Crippen LogP contribution is -2.48. The van der Waals surface area contributed by atoms with Gasteiger partial charge in [-0.3, -0.25) is 14.5 Å². The van der Waals surface area contributed by atoms with Gasteiger partial charge >= 0.3 is 0 Å². The zero-order valence-corrected chi connectivity index (χ0v) is 29.8. The van der Waals surface area contributed by atoms with Crippen LogP contribution in [-0.4, -0.2) is 73.1 Å². The predicted octanol–water partition coefficient (Wildman–Crippen LogP) is 6.32. The Labute approximate surface area is 300 Å². The maximum atomic E-state index is 12.8. The number of anilines is 5. The van der Waals surface area contributed by atoms with Crippen molar-refractivity contribution >= 4 is 52.2 Å². The van der Waals surface area contributed by atoms with E-state index in [0.717, 1.165) is 61.5 Å². The van der Waals surface area contributed by atoms with Crippen molar-refractivity contribution in [3.8, 4) is 5.75 Å². The summed E-state index contributed by atoms with van der Waals surface area (Å²) < 4.78 is 5.76. The van der Waals surface area contributed by atoms with Gasteiger partial charge in [-0.2, -0.15) is 4.98 Å². The highest BCUT2D eigenvalue weighted by Crippen LogP contribution is 2.49. The smallest absolute Gasteiger partial charge is 0.247 e. The largest absolute Gasteiger partial charge is 0.494 e. The van der Waals surface area contributed by atoms with Gasteiger partial charge in [-0.25, -0.2) is 4.98 Å². The Morgan fingerprint density at radius 1 is 1.10 bits per heavy atom. The fraction of sp³-hybridized carbons (Fsp3) is 0.474. The molecule has 266 valence electrons. The maximum Gasteiger partial charge on any atom is 0.247 e. The van der Waals surface area contributed by atoms with Crippen LogP contribution >= 0.6 is 11.6 Å². The molecule has 1 aliphatic heterocycles. The summed E-state index contributed by atoms with van der Waals surface area (Å²) in [7, 11) is 1.65. The number of rotatable bonds is 14. The predicted molar refractivity (Wildman–Crippen MR) is 200 cm³/mol. The van der Waals surface area contributed by atoms with Gasteiger partial charge in [0.05, 0.1) is 19.0 Å². The number of aromatic nitrogens is 2. The lowest BCUT2D eigenvalue weighted by atomic mass is 9.71. The maximum absolute atomic E-state index is 12.8. The normalized spacial score (nSPS) is 21.7. The van der Waals surface area contributed by atoms with Crippen molar-refractivity contribution in [1.29, 1.82) is 0 Å². The number of nitrogens with zero attached hydrogens (tertiary/aromatic N) is 4. The number of amides is 2. The van der Waals surface area contributed by atoms with Crippen molar-refractivity contribution < 1.29 is 14.3 Å². The number of piperazine rings is 1. The lowest BCUT2D eigenvalue weighted by Gasteiger charge is -2.36. The Morgan fingerprint density at radius 3 is 2.74 bits per heavy atom. The molecular weight excluding hydrogens is 652 g/mol. The molecule has 2 aromatic carbocycles. The van der Waals surface area contributed by atoms with Crippen LogP contribution in [0.15, 0.2) is 61.3 Å². The van der Waals surface area contributed by atoms with Gasteiger partial charge < -0.3 is 30.9 Å². The SMILES string of the molecule is C=CC(=O)Nc1cccc(CNc2nc(Nc3ccc(N4CCN(CCNC(=O)CC5C(C)CC6CCC5C6)CC4)cc3OC)ncc2Cl)c1. The second-order valence-corrected chi connectivity index (χ2v) is 14.3. The number of carbonyl (C=O) groups excluding carboxylic acids is 2. The van der Waals surface area contributed by atoms with E-state index in [1.807, 2.05) is 36.4 Å². The Balaban J connectivity index is 0.971. The van der Waals surface area contributed by atoms with Crippen molar-refractivity contribution in [3.63, 3.8) is 0 Å². The molecule has 2 amide bonds. The highest BCUT2D eigenvalue weighted by atomic mass is 35.5. The van der Waals surface area contributed by atoms with Crippen molar-refractivity contribution in [2.24, 2.45) is 23.7 Å². The van der Waals surface area contributed by atoms with E-state index in [9.17, 15) is 9.59 Å². The molecule has 6 rings (SSSR count). The molecule has 0 radical (unpaired) electrons. The van der Waals surface area contributed by atoms with Gasteiger partial charge in [0.2, 0.25) is 17.8 Å². The van der Waals surface area contributed by atoms with Crippen LogP contribution in [0.4, 0.5) is 28.8 Å². The second-order valence-electron chi connectivity index (χ2n) is 13.8. The molecule has 0 spiro atoms. The van der Waals surface area contributed by atoms with Crippen LogP contribution in [0.5, 0.6) is 5.75 Å². The van der Waals surface area contributed by atoms with Crippen LogP contribution in [-0.2, 0) is 16.1 Å². The molecule has 1 saturated heterocycles. The van der Waals surface area contributed by atoms with E-state index in [1.54, 1.807) is 13.3 Å². The number of carbonyl (C=O) groups is 2. The van der Waals surface area contributed by atoms with E-state index < -0.39 is 0 Å². The van der Waals surface area contributed by atoms with Gasteiger partial charge in [-0.1, -0.05) is 43.7 Å². The molecule has 2 saturated carbocycles. The molecule has 3 aromatic rings. The van der Waals surface area contributed by atoms with Gasteiger partial charge in [-0.15, -0.1) is 0 Å². The first-order valence-electron chi connectivity index (χ1n) is 17.8. The van der Waals surface area contributed by atoms with Gasteiger partial charge in [0.15, 0.2) is 5.82 Å². The minimum atomic E-state index is -0.269. The lowest BCUT2D eigenvalue weighted by molar-refractivity contribution is -0.123. The molecule has 2 aliphatic carbocycles. The molecule has 4 atom stereocenters. The Hall–Kier alpha value is -4.35. The Kier molecular flexibility index (Phi) is 11.8. The van der Waals surface area contributed by atoms with Crippen LogP contribution in [0.3, 0.4) is 0 Å². The third-order valence-corrected chi connectivity index (χ3v) is 10.8. The van der Waals surface area contributed by atoms with E-state index in [4.69, 9.17) is 16.3 Å². The number of hydrogen-bond donors (Lipinski definition) is 4. The summed E-state index contributed by atoms with van der Waals surface area (Å²) in [5.41, 5.74) is 3.43. The standard InChI is InChI=1S/C38H49ClN8O3/c1-4-35(48)43-29-7-5-6-27(20-29)23-41-37-32(39)24-42-38(45-37)44-33-11-10-30(21-34(33)50-3)47-16-14-46(15-17-47)13-12-40-36(49)22-31-25(2)18-26-8-9-28(31)19-26/h4-7,10-11,20-21,24-26,28,31H,1,8-9,12-19,22-23H2,2-3H3,(H,40,49)(H,43,48)(H2,41,42,44,45). The van der Waals surface area contributed by atoms with Crippen molar-refractivity contribution in [2.75, 3.05) is 67.2 Å². The van der Waals surface area contributed by atoms with E-state index in [2.05, 4.69) is 60.6 Å². The molecule has 4 N–H and O–H groups in total.